The van der Waals surface area contributed by atoms with Crippen molar-refractivity contribution in [3.05, 3.63) is 35.4 Å². The Morgan fingerprint density at radius 2 is 1.82 bits per heavy atom. The molecule has 0 spiro atoms. The summed E-state index contributed by atoms with van der Waals surface area (Å²) in [5, 5.41) is 6.75. The van der Waals surface area contributed by atoms with Crippen LogP contribution in [-0.4, -0.2) is 67.5 Å². The number of nitrogens with one attached hydrogen (secondary N) is 2. The lowest BCUT2D eigenvalue weighted by Crippen LogP contribution is -2.52. The Labute approximate surface area is 169 Å². The van der Waals surface area contributed by atoms with E-state index in [1.54, 1.807) is 0 Å². The molecule has 3 rings (SSSR count). The lowest BCUT2D eigenvalue weighted by Gasteiger charge is -2.38. The average molecular weight is 386 g/mol. The van der Waals surface area contributed by atoms with Crippen molar-refractivity contribution in [1.29, 1.82) is 0 Å². The summed E-state index contributed by atoms with van der Waals surface area (Å²) in [5.41, 5.74) is 2.49. The van der Waals surface area contributed by atoms with Gasteiger partial charge in [0.2, 0.25) is 5.91 Å². The fourth-order valence-corrected chi connectivity index (χ4v) is 3.64. The third-order valence-electron chi connectivity index (χ3n) is 5.74. The molecule has 0 unspecified atom stereocenters. The minimum atomic E-state index is 0.320. The molecule has 0 bridgehead atoms. The first kappa shape index (κ1) is 20.6. The number of guanidine groups is 1. The summed E-state index contributed by atoms with van der Waals surface area (Å²) in [7, 11) is 0. The second-order valence-electron chi connectivity index (χ2n) is 7.90. The summed E-state index contributed by atoms with van der Waals surface area (Å²) in [6, 6.07) is 8.51. The van der Waals surface area contributed by atoms with E-state index in [0.29, 0.717) is 18.4 Å². The maximum atomic E-state index is 12.3. The molecule has 1 amide bonds. The normalized spacial score (nSPS) is 18.6. The molecule has 154 valence electrons. The van der Waals surface area contributed by atoms with E-state index in [4.69, 9.17) is 0 Å². The third kappa shape index (κ3) is 5.96. The summed E-state index contributed by atoms with van der Waals surface area (Å²) >= 11 is 0. The largest absolute Gasteiger partial charge is 0.357 e. The molecular weight excluding hydrogens is 350 g/mol. The van der Waals surface area contributed by atoms with Gasteiger partial charge in [0.25, 0.3) is 0 Å². The van der Waals surface area contributed by atoms with Crippen molar-refractivity contribution in [2.24, 2.45) is 10.9 Å². The molecule has 6 heteroatoms. The Balaban J connectivity index is 1.38. The highest BCUT2D eigenvalue weighted by molar-refractivity contribution is 5.80. The number of amides is 1. The van der Waals surface area contributed by atoms with Crippen LogP contribution >= 0.6 is 0 Å². The van der Waals surface area contributed by atoms with Crippen LogP contribution in [0.4, 0.5) is 0 Å². The van der Waals surface area contributed by atoms with Gasteiger partial charge in [0.05, 0.1) is 6.54 Å². The van der Waals surface area contributed by atoms with Crippen LogP contribution in [0.3, 0.4) is 0 Å². The van der Waals surface area contributed by atoms with Gasteiger partial charge in [0.15, 0.2) is 5.96 Å². The van der Waals surface area contributed by atoms with E-state index < -0.39 is 0 Å². The molecule has 1 saturated carbocycles. The molecule has 1 saturated heterocycles. The highest BCUT2D eigenvalue weighted by Gasteiger charge is 2.30. The maximum absolute atomic E-state index is 12.3. The number of benzene rings is 1. The Bertz CT molecular complexity index is 645. The summed E-state index contributed by atoms with van der Waals surface area (Å²) in [4.78, 5) is 21.5. The molecular formula is C22H35N5O. The summed E-state index contributed by atoms with van der Waals surface area (Å²) in [6.07, 6.45) is 3.41. The second-order valence-corrected chi connectivity index (χ2v) is 7.90. The van der Waals surface area contributed by atoms with E-state index in [2.05, 4.69) is 63.5 Å². The van der Waals surface area contributed by atoms with Gasteiger partial charge in [-0.25, -0.2) is 4.99 Å². The van der Waals surface area contributed by atoms with Crippen LogP contribution in [0, 0.1) is 12.8 Å². The molecule has 1 heterocycles. The smallest absolute Gasteiger partial charge is 0.225 e. The Morgan fingerprint density at radius 1 is 1.11 bits per heavy atom. The molecule has 0 atom stereocenters. The molecule has 1 aromatic carbocycles. The predicted molar refractivity (Wildman–Crippen MR) is 114 cm³/mol. The Morgan fingerprint density at radius 3 is 2.43 bits per heavy atom. The number of carbonyl (C=O) groups is 1. The number of rotatable bonds is 7. The van der Waals surface area contributed by atoms with E-state index >= 15 is 0 Å². The lowest BCUT2D eigenvalue weighted by molar-refractivity contribution is -0.139. The van der Waals surface area contributed by atoms with Crippen LogP contribution < -0.4 is 10.6 Å². The van der Waals surface area contributed by atoms with Crippen molar-refractivity contribution >= 4 is 11.9 Å². The highest BCUT2D eigenvalue weighted by atomic mass is 16.2. The zero-order valence-corrected chi connectivity index (χ0v) is 17.4. The minimum Gasteiger partial charge on any atom is -0.357 e. The van der Waals surface area contributed by atoms with Crippen LogP contribution in [0.2, 0.25) is 0 Å². The zero-order valence-electron chi connectivity index (χ0n) is 17.4. The van der Waals surface area contributed by atoms with E-state index in [0.717, 1.165) is 64.6 Å². The third-order valence-corrected chi connectivity index (χ3v) is 5.74. The lowest BCUT2D eigenvalue weighted by atomic mass is 9.84. The monoisotopic (exact) mass is 385 g/mol. The maximum Gasteiger partial charge on any atom is 0.225 e. The molecule has 1 aliphatic heterocycles. The van der Waals surface area contributed by atoms with Crippen LogP contribution in [0.5, 0.6) is 0 Å². The van der Waals surface area contributed by atoms with E-state index in [9.17, 15) is 4.79 Å². The summed E-state index contributed by atoms with van der Waals surface area (Å²) in [5.74, 6) is 1.57. The quantitative estimate of drug-likeness (QED) is 0.557. The van der Waals surface area contributed by atoms with Crippen LogP contribution in [0.25, 0.3) is 0 Å². The number of nitrogens with zero attached hydrogens (tertiary/aromatic N) is 3. The van der Waals surface area contributed by atoms with Gasteiger partial charge in [-0.05, 0) is 32.3 Å². The van der Waals surface area contributed by atoms with Crippen LogP contribution in [0.15, 0.2) is 29.3 Å². The standard InChI is InChI=1S/C22H35N5O/c1-3-23-22(25-17-19-9-7-18(2)8-10-19)24-11-12-26-13-15-27(16-14-26)21(28)20-5-4-6-20/h7-10,20H,3-6,11-17H2,1-2H3,(H2,23,24,25). The fourth-order valence-electron chi connectivity index (χ4n) is 3.64. The summed E-state index contributed by atoms with van der Waals surface area (Å²) < 4.78 is 0. The van der Waals surface area contributed by atoms with Crippen molar-refractivity contribution in [2.75, 3.05) is 45.8 Å². The molecule has 2 aliphatic rings. The molecule has 0 radical (unpaired) electrons. The van der Waals surface area contributed by atoms with Crippen molar-refractivity contribution in [2.45, 2.75) is 39.7 Å². The van der Waals surface area contributed by atoms with E-state index in [1.165, 1.54) is 17.5 Å². The first-order valence-electron chi connectivity index (χ1n) is 10.7. The molecule has 0 aromatic heterocycles. The Kier molecular flexibility index (Phi) is 7.71. The van der Waals surface area contributed by atoms with Gasteiger partial charge in [-0.3, -0.25) is 9.69 Å². The van der Waals surface area contributed by atoms with Gasteiger partial charge in [-0.15, -0.1) is 0 Å². The van der Waals surface area contributed by atoms with Gasteiger partial charge in [-0.1, -0.05) is 36.2 Å². The van der Waals surface area contributed by atoms with E-state index in [-0.39, 0.29) is 0 Å². The molecule has 2 fully saturated rings. The summed E-state index contributed by atoms with van der Waals surface area (Å²) in [6.45, 7) is 11.2. The molecule has 1 aromatic rings. The number of piperazine rings is 1. The van der Waals surface area contributed by atoms with Crippen molar-refractivity contribution in [3.8, 4) is 0 Å². The number of hydrogen-bond acceptors (Lipinski definition) is 3. The second kappa shape index (κ2) is 10.5. The van der Waals surface area contributed by atoms with Crippen molar-refractivity contribution < 1.29 is 4.79 Å². The molecule has 6 nitrogen and oxygen atoms in total. The van der Waals surface area contributed by atoms with Crippen LogP contribution in [0.1, 0.15) is 37.3 Å². The van der Waals surface area contributed by atoms with Crippen molar-refractivity contribution in [3.63, 3.8) is 0 Å². The first-order chi connectivity index (χ1) is 13.7. The van der Waals surface area contributed by atoms with Gasteiger partial charge in [0, 0.05) is 51.7 Å². The topological polar surface area (TPSA) is 60.0 Å². The number of aryl methyl sites for hydroxylation is 1. The van der Waals surface area contributed by atoms with Crippen LogP contribution in [-0.2, 0) is 11.3 Å². The minimum absolute atomic E-state index is 0.320. The fraction of sp³-hybridized carbons (Fsp3) is 0.636. The number of hydrogen-bond donors (Lipinski definition) is 2. The molecule has 2 N–H and O–H groups in total. The molecule has 1 aliphatic carbocycles. The predicted octanol–water partition coefficient (Wildman–Crippen LogP) is 1.99. The highest BCUT2D eigenvalue weighted by Crippen LogP contribution is 2.28. The number of aliphatic imine (C=N–C) groups is 1. The SMILES string of the molecule is CCNC(=NCc1ccc(C)cc1)NCCN1CCN(C(=O)C2CCC2)CC1. The first-order valence-corrected chi connectivity index (χ1v) is 10.7. The average Bonchev–Trinajstić information content (AvgIpc) is 2.66. The number of carbonyl (C=O) groups excluding carboxylic acids is 1. The van der Waals surface area contributed by atoms with Crippen molar-refractivity contribution in [1.82, 2.24) is 20.4 Å². The molecule has 28 heavy (non-hydrogen) atoms. The van der Waals surface area contributed by atoms with Gasteiger partial charge in [0.1, 0.15) is 0 Å². The van der Waals surface area contributed by atoms with E-state index in [1.807, 2.05) is 0 Å². The van der Waals surface area contributed by atoms with Gasteiger partial charge in [-0.2, -0.15) is 0 Å². The Hall–Kier alpha value is -2.08. The van der Waals surface area contributed by atoms with Gasteiger partial charge >= 0.3 is 0 Å². The van der Waals surface area contributed by atoms with Gasteiger partial charge < -0.3 is 15.5 Å². The zero-order chi connectivity index (χ0) is 19.8.